The Hall–Kier alpha value is 0.0400. The molecule has 0 saturated carbocycles. The smallest absolute Gasteiger partial charge is 0.0753 e. The van der Waals surface area contributed by atoms with Gasteiger partial charge in [0.15, 0.2) is 0 Å². The van der Waals surface area contributed by atoms with Gasteiger partial charge in [0.1, 0.15) is 0 Å². The van der Waals surface area contributed by atoms with Crippen LogP contribution in [0.15, 0.2) is 18.2 Å². The highest BCUT2D eigenvalue weighted by atomic mass is 127. The lowest BCUT2D eigenvalue weighted by molar-refractivity contribution is 1.17. The maximum Gasteiger partial charge on any atom is 0.0753 e. The molecule has 1 unspecified atom stereocenters. The van der Waals surface area contributed by atoms with E-state index in [1.54, 1.807) is 0 Å². The van der Waals surface area contributed by atoms with E-state index >= 15 is 0 Å². The molecular weight excluding hydrogens is 284 g/mol. The molecule has 1 aromatic rings. The predicted molar refractivity (Wildman–Crippen MR) is 63.3 cm³/mol. The van der Waals surface area contributed by atoms with Crippen LogP contribution in [0.1, 0.15) is 12.5 Å². The van der Waals surface area contributed by atoms with Crippen molar-refractivity contribution in [2.24, 2.45) is 0 Å². The summed E-state index contributed by atoms with van der Waals surface area (Å²) in [5.74, 6) is 0. The van der Waals surface area contributed by atoms with Crippen LogP contribution in [0, 0.1) is 6.92 Å². The fraction of sp³-hybridized carbons (Fsp3) is 0.333. The molecule has 66 valence electrons. The van der Waals surface area contributed by atoms with E-state index in [0.29, 0.717) is 4.05 Å². The second-order valence-electron chi connectivity index (χ2n) is 2.74. The van der Waals surface area contributed by atoms with Gasteiger partial charge in [-0.1, -0.05) is 40.3 Å². The maximum absolute atomic E-state index is 6.01. The first kappa shape index (κ1) is 10.1. The van der Waals surface area contributed by atoms with E-state index in [0.717, 1.165) is 10.7 Å². The van der Waals surface area contributed by atoms with Gasteiger partial charge in [0.2, 0.25) is 0 Å². The van der Waals surface area contributed by atoms with Gasteiger partial charge >= 0.3 is 0 Å². The highest BCUT2D eigenvalue weighted by Gasteiger charge is 2.01. The lowest BCUT2D eigenvalue weighted by Gasteiger charge is -2.10. The van der Waals surface area contributed by atoms with Gasteiger partial charge in [-0.2, -0.15) is 0 Å². The molecule has 0 fully saturated rings. The SMILES string of the molecule is Cc1ccc(NC(C)I)c(Cl)c1. The lowest BCUT2D eigenvalue weighted by Crippen LogP contribution is -2.06. The first-order valence-corrected chi connectivity index (χ1v) is 5.38. The summed E-state index contributed by atoms with van der Waals surface area (Å²) in [6.07, 6.45) is 0. The summed E-state index contributed by atoms with van der Waals surface area (Å²) in [6, 6.07) is 6.02. The summed E-state index contributed by atoms with van der Waals surface area (Å²) in [5, 5.41) is 4.05. The lowest BCUT2D eigenvalue weighted by atomic mass is 10.2. The Kier molecular flexibility index (Phi) is 3.65. The highest BCUT2D eigenvalue weighted by Crippen LogP contribution is 2.24. The predicted octanol–water partition coefficient (Wildman–Crippen LogP) is 3.84. The van der Waals surface area contributed by atoms with E-state index in [4.69, 9.17) is 11.6 Å². The van der Waals surface area contributed by atoms with Crippen LogP contribution in [0.25, 0.3) is 0 Å². The van der Waals surface area contributed by atoms with Gasteiger partial charge < -0.3 is 5.32 Å². The Balaban J connectivity index is 2.86. The maximum atomic E-state index is 6.01. The van der Waals surface area contributed by atoms with Crippen LogP contribution < -0.4 is 5.32 Å². The zero-order valence-electron chi connectivity index (χ0n) is 7.07. The molecule has 1 rings (SSSR count). The fourth-order valence-electron chi connectivity index (χ4n) is 0.951. The van der Waals surface area contributed by atoms with Crippen molar-refractivity contribution in [1.29, 1.82) is 0 Å². The van der Waals surface area contributed by atoms with E-state index < -0.39 is 0 Å². The van der Waals surface area contributed by atoms with E-state index in [1.807, 2.05) is 25.1 Å². The van der Waals surface area contributed by atoms with Gasteiger partial charge in [-0.05, 0) is 31.5 Å². The molecule has 0 saturated heterocycles. The number of aryl methyl sites for hydroxylation is 1. The van der Waals surface area contributed by atoms with Gasteiger partial charge in [0.25, 0.3) is 0 Å². The summed E-state index contributed by atoms with van der Waals surface area (Å²) < 4.78 is 0.391. The number of halogens is 2. The topological polar surface area (TPSA) is 12.0 Å². The Bertz CT molecular complexity index is 273. The molecule has 0 spiro atoms. The van der Waals surface area contributed by atoms with Crippen molar-refractivity contribution in [2.75, 3.05) is 5.32 Å². The number of nitrogens with one attached hydrogen (secondary N) is 1. The first-order valence-electron chi connectivity index (χ1n) is 3.76. The van der Waals surface area contributed by atoms with E-state index in [-0.39, 0.29) is 0 Å². The Morgan fingerprint density at radius 2 is 2.17 bits per heavy atom. The molecule has 0 aromatic heterocycles. The normalized spacial score (nSPS) is 12.7. The van der Waals surface area contributed by atoms with Gasteiger partial charge in [-0.25, -0.2) is 0 Å². The molecule has 1 aromatic carbocycles. The second kappa shape index (κ2) is 4.33. The number of benzene rings is 1. The zero-order valence-corrected chi connectivity index (χ0v) is 9.98. The van der Waals surface area contributed by atoms with E-state index in [9.17, 15) is 0 Å². The summed E-state index contributed by atoms with van der Waals surface area (Å²) in [7, 11) is 0. The van der Waals surface area contributed by atoms with Crippen LogP contribution in [0.4, 0.5) is 5.69 Å². The summed E-state index contributed by atoms with van der Waals surface area (Å²) in [4.78, 5) is 0. The van der Waals surface area contributed by atoms with Gasteiger partial charge in [-0.3, -0.25) is 0 Å². The van der Waals surface area contributed by atoms with Crippen molar-refractivity contribution in [2.45, 2.75) is 17.9 Å². The van der Waals surface area contributed by atoms with Gasteiger partial charge in [-0.15, -0.1) is 0 Å². The van der Waals surface area contributed by atoms with Crippen LogP contribution in [0.3, 0.4) is 0 Å². The first-order chi connectivity index (χ1) is 5.59. The van der Waals surface area contributed by atoms with Crippen molar-refractivity contribution < 1.29 is 0 Å². The second-order valence-corrected chi connectivity index (χ2v) is 5.02. The average molecular weight is 296 g/mol. The molecule has 0 radical (unpaired) electrons. The van der Waals surface area contributed by atoms with Crippen LogP contribution in [-0.4, -0.2) is 4.05 Å². The van der Waals surface area contributed by atoms with E-state index in [2.05, 4.69) is 34.8 Å². The fourth-order valence-corrected chi connectivity index (χ4v) is 1.58. The molecule has 1 atom stereocenters. The monoisotopic (exact) mass is 295 g/mol. The van der Waals surface area contributed by atoms with Crippen molar-refractivity contribution >= 4 is 39.9 Å². The van der Waals surface area contributed by atoms with Crippen LogP contribution in [0.5, 0.6) is 0 Å². The minimum Gasteiger partial charge on any atom is -0.372 e. The summed E-state index contributed by atoms with van der Waals surface area (Å²) >= 11 is 8.31. The van der Waals surface area contributed by atoms with Crippen molar-refractivity contribution in [3.8, 4) is 0 Å². The molecule has 0 aliphatic rings. The molecular formula is C9H11ClIN. The molecule has 0 bridgehead atoms. The molecule has 0 heterocycles. The number of alkyl halides is 1. The van der Waals surface area contributed by atoms with E-state index in [1.165, 1.54) is 5.56 Å². The molecule has 0 aliphatic carbocycles. The largest absolute Gasteiger partial charge is 0.372 e. The minimum atomic E-state index is 0.391. The molecule has 0 aliphatic heterocycles. The van der Waals surface area contributed by atoms with Crippen LogP contribution >= 0.6 is 34.2 Å². The number of anilines is 1. The Morgan fingerprint density at radius 1 is 1.50 bits per heavy atom. The average Bonchev–Trinajstić information content (AvgIpc) is 1.94. The van der Waals surface area contributed by atoms with Crippen molar-refractivity contribution in [1.82, 2.24) is 0 Å². The molecule has 3 heteroatoms. The molecule has 1 nitrogen and oxygen atoms in total. The third-order valence-electron chi connectivity index (χ3n) is 1.48. The zero-order chi connectivity index (χ0) is 9.14. The summed E-state index contributed by atoms with van der Waals surface area (Å²) in [6.45, 7) is 4.11. The molecule has 0 amide bonds. The Morgan fingerprint density at radius 3 is 2.67 bits per heavy atom. The van der Waals surface area contributed by atoms with Crippen molar-refractivity contribution in [3.05, 3.63) is 28.8 Å². The van der Waals surface area contributed by atoms with Gasteiger partial charge in [0.05, 0.1) is 14.8 Å². The van der Waals surface area contributed by atoms with Crippen LogP contribution in [0.2, 0.25) is 5.02 Å². The van der Waals surface area contributed by atoms with Gasteiger partial charge in [0, 0.05) is 0 Å². The quantitative estimate of drug-likeness (QED) is 0.496. The number of hydrogen-bond donors (Lipinski definition) is 1. The third kappa shape index (κ3) is 2.83. The number of hydrogen-bond acceptors (Lipinski definition) is 1. The standard InChI is InChI=1S/C9H11ClIN/c1-6-3-4-9(8(10)5-6)12-7(2)11/h3-5,7,12H,1-2H3. The summed E-state index contributed by atoms with van der Waals surface area (Å²) in [5.41, 5.74) is 2.19. The number of rotatable bonds is 2. The Labute approximate surface area is 91.6 Å². The van der Waals surface area contributed by atoms with Crippen LogP contribution in [-0.2, 0) is 0 Å². The molecule has 12 heavy (non-hydrogen) atoms. The molecule has 1 N–H and O–H groups in total. The van der Waals surface area contributed by atoms with Crippen molar-refractivity contribution in [3.63, 3.8) is 0 Å². The minimum absolute atomic E-state index is 0.391. The highest BCUT2D eigenvalue weighted by molar-refractivity contribution is 14.1. The third-order valence-corrected chi connectivity index (χ3v) is 2.10.